The molecule has 0 aromatic heterocycles. The van der Waals surface area contributed by atoms with Gasteiger partial charge in [0.05, 0.1) is 0 Å². The minimum Gasteiger partial charge on any atom is -0.351 e. The van der Waals surface area contributed by atoms with Crippen molar-refractivity contribution in [1.29, 1.82) is 0 Å². The van der Waals surface area contributed by atoms with Crippen LogP contribution in [0, 0.1) is 19.7 Å². The summed E-state index contributed by atoms with van der Waals surface area (Å²) >= 11 is 0. The minimum absolute atomic E-state index is 0.0797. The van der Waals surface area contributed by atoms with E-state index < -0.39 is 0 Å². The SMILES string of the molecule is Cc1cc(C)cc(C(=O)N2CCN(CCNC(=O)c3ccc(F)cc3)CC2)c1. The van der Waals surface area contributed by atoms with Gasteiger partial charge in [-0.05, 0) is 50.2 Å². The third kappa shape index (κ3) is 5.16. The Kier molecular flexibility index (Phi) is 6.41. The van der Waals surface area contributed by atoms with Gasteiger partial charge in [-0.25, -0.2) is 4.39 Å². The lowest BCUT2D eigenvalue weighted by Crippen LogP contribution is -2.50. The molecule has 0 saturated carbocycles. The first-order valence-corrected chi connectivity index (χ1v) is 9.56. The summed E-state index contributed by atoms with van der Waals surface area (Å²) in [7, 11) is 0. The molecule has 1 N–H and O–H groups in total. The summed E-state index contributed by atoms with van der Waals surface area (Å²) in [5.74, 6) is -0.482. The Labute approximate surface area is 165 Å². The van der Waals surface area contributed by atoms with E-state index in [0.717, 1.165) is 36.3 Å². The van der Waals surface area contributed by atoms with Crippen molar-refractivity contribution in [2.45, 2.75) is 13.8 Å². The maximum Gasteiger partial charge on any atom is 0.253 e. The second-order valence-corrected chi connectivity index (χ2v) is 7.27. The number of benzene rings is 2. The molecule has 2 aromatic carbocycles. The van der Waals surface area contributed by atoms with E-state index in [1.165, 1.54) is 24.3 Å². The molecule has 2 aromatic rings. The zero-order valence-corrected chi connectivity index (χ0v) is 16.4. The third-order valence-corrected chi connectivity index (χ3v) is 4.95. The van der Waals surface area contributed by atoms with E-state index in [1.807, 2.05) is 30.9 Å². The molecule has 28 heavy (non-hydrogen) atoms. The van der Waals surface area contributed by atoms with E-state index >= 15 is 0 Å². The van der Waals surface area contributed by atoms with Crippen LogP contribution >= 0.6 is 0 Å². The van der Waals surface area contributed by atoms with Crippen LogP contribution in [0.2, 0.25) is 0 Å². The van der Waals surface area contributed by atoms with E-state index in [1.54, 1.807) is 0 Å². The molecule has 1 saturated heterocycles. The van der Waals surface area contributed by atoms with E-state index in [9.17, 15) is 14.0 Å². The number of halogens is 1. The van der Waals surface area contributed by atoms with Gasteiger partial charge in [0, 0.05) is 50.4 Å². The minimum atomic E-state index is -0.357. The molecule has 2 amide bonds. The molecule has 0 spiro atoms. The van der Waals surface area contributed by atoms with Crippen LogP contribution in [0.4, 0.5) is 4.39 Å². The molecule has 1 heterocycles. The number of hydrogen-bond acceptors (Lipinski definition) is 3. The summed E-state index contributed by atoms with van der Waals surface area (Å²) in [6, 6.07) is 11.4. The number of nitrogens with one attached hydrogen (secondary N) is 1. The number of carbonyl (C=O) groups is 2. The summed E-state index contributed by atoms with van der Waals surface area (Å²) < 4.78 is 12.9. The Bertz CT molecular complexity index is 823. The molecule has 1 aliphatic rings. The van der Waals surface area contributed by atoms with Gasteiger partial charge in [0.25, 0.3) is 11.8 Å². The van der Waals surface area contributed by atoms with Crippen LogP contribution in [0.5, 0.6) is 0 Å². The highest BCUT2D eigenvalue weighted by atomic mass is 19.1. The molecule has 3 rings (SSSR count). The summed E-state index contributed by atoms with van der Waals surface area (Å²) in [6.07, 6.45) is 0. The molecule has 1 fully saturated rings. The summed E-state index contributed by atoms with van der Waals surface area (Å²) in [5.41, 5.74) is 3.39. The van der Waals surface area contributed by atoms with Gasteiger partial charge >= 0.3 is 0 Å². The van der Waals surface area contributed by atoms with Crippen molar-refractivity contribution in [1.82, 2.24) is 15.1 Å². The Morgan fingerprint density at radius 3 is 2.14 bits per heavy atom. The number of nitrogens with zero attached hydrogens (tertiary/aromatic N) is 2. The summed E-state index contributed by atoms with van der Waals surface area (Å²) in [4.78, 5) is 28.9. The molecular weight excluding hydrogens is 357 g/mol. The van der Waals surface area contributed by atoms with Gasteiger partial charge in [0.1, 0.15) is 5.82 Å². The van der Waals surface area contributed by atoms with Crippen LogP contribution in [0.25, 0.3) is 0 Å². The highest BCUT2D eigenvalue weighted by Gasteiger charge is 2.22. The third-order valence-electron chi connectivity index (χ3n) is 4.95. The Hall–Kier alpha value is -2.73. The van der Waals surface area contributed by atoms with Crippen LogP contribution in [0.15, 0.2) is 42.5 Å². The van der Waals surface area contributed by atoms with Crippen LogP contribution in [0.1, 0.15) is 31.8 Å². The van der Waals surface area contributed by atoms with E-state index in [-0.39, 0.29) is 17.6 Å². The zero-order chi connectivity index (χ0) is 20.1. The van der Waals surface area contributed by atoms with Crippen LogP contribution < -0.4 is 5.32 Å². The highest BCUT2D eigenvalue weighted by Crippen LogP contribution is 2.13. The number of hydrogen-bond donors (Lipinski definition) is 1. The topological polar surface area (TPSA) is 52.7 Å². The number of piperazine rings is 1. The van der Waals surface area contributed by atoms with Crippen molar-refractivity contribution < 1.29 is 14.0 Å². The fraction of sp³-hybridized carbons (Fsp3) is 0.364. The van der Waals surface area contributed by atoms with E-state index in [0.29, 0.717) is 25.2 Å². The van der Waals surface area contributed by atoms with Gasteiger partial charge in [0.2, 0.25) is 0 Å². The van der Waals surface area contributed by atoms with Gasteiger partial charge in [-0.1, -0.05) is 17.2 Å². The van der Waals surface area contributed by atoms with E-state index in [4.69, 9.17) is 0 Å². The van der Waals surface area contributed by atoms with Gasteiger partial charge in [-0.15, -0.1) is 0 Å². The molecule has 5 nitrogen and oxygen atoms in total. The first-order chi connectivity index (χ1) is 13.4. The Balaban J connectivity index is 1.43. The molecule has 0 atom stereocenters. The predicted molar refractivity (Wildman–Crippen MR) is 107 cm³/mol. The number of carbonyl (C=O) groups excluding carboxylic acids is 2. The lowest BCUT2D eigenvalue weighted by Gasteiger charge is -2.34. The average molecular weight is 383 g/mol. The molecule has 0 radical (unpaired) electrons. The second-order valence-electron chi connectivity index (χ2n) is 7.27. The molecule has 6 heteroatoms. The van der Waals surface area contributed by atoms with Gasteiger partial charge in [-0.2, -0.15) is 0 Å². The molecule has 0 aliphatic carbocycles. The summed E-state index contributed by atoms with van der Waals surface area (Å²) in [6.45, 7) is 8.16. The Morgan fingerprint density at radius 1 is 0.929 bits per heavy atom. The normalized spacial score (nSPS) is 14.8. The Morgan fingerprint density at radius 2 is 1.54 bits per heavy atom. The number of rotatable bonds is 5. The average Bonchev–Trinajstić information content (AvgIpc) is 2.67. The maximum atomic E-state index is 12.9. The van der Waals surface area contributed by atoms with Gasteiger partial charge < -0.3 is 10.2 Å². The van der Waals surface area contributed by atoms with Crippen LogP contribution in [-0.4, -0.2) is 60.9 Å². The van der Waals surface area contributed by atoms with Crippen molar-refractivity contribution in [3.63, 3.8) is 0 Å². The molecule has 148 valence electrons. The lowest BCUT2D eigenvalue weighted by molar-refractivity contribution is 0.0638. The van der Waals surface area contributed by atoms with Gasteiger partial charge in [-0.3, -0.25) is 14.5 Å². The summed E-state index contributed by atoms with van der Waals surface area (Å²) in [5, 5.41) is 2.85. The first-order valence-electron chi connectivity index (χ1n) is 9.56. The zero-order valence-electron chi connectivity index (χ0n) is 16.4. The second kappa shape index (κ2) is 8.97. The van der Waals surface area contributed by atoms with Crippen molar-refractivity contribution >= 4 is 11.8 Å². The fourth-order valence-electron chi connectivity index (χ4n) is 3.49. The molecule has 0 unspecified atom stereocenters. The molecule has 1 aliphatic heterocycles. The highest BCUT2D eigenvalue weighted by molar-refractivity contribution is 5.95. The number of amides is 2. The van der Waals surface area contributed by atoms with Gasteiger partial charge in [0.15, 0.2) is 0 Å². The van der Waals surface area contributed by atoms with Crippen molar-refractivity contribution in [3.8, 4) is 0 Å². The van der Waals surface area contributed by atoms with Crippen LogP contribution in [-0.2, 0) is 0 Å². The quantitative estimate of drug-likeness (QED) is 0.864. The van der Waals surface area contributed by atoms with E-state index in [2.05, 4.69) is 16.3 Å². The van der Waals surface area contributed by atoms with Crippen molar-refractivity contribution in [2.75, 3.05) is 39.3 Å². The molecular formula is C22H26FN3O2. The monoisotopic (exact) mass is 383 g/mol. The molecule has 0 bridgehead atoms. The standard InChI is InChI=1S/C22H26FN3O2/c1-16-13-17(2)15-19(14-16)22(28)26-11-9-25(10-12-26)8-7-24-21(27)18-3-5-20(23)6-4-18/h3-6,13-15H,7-12H2,1-2H3,(H,24,27). The first kappa shape index (κ1) is 20.0. The van der Waals surface area contributed by atoms with Crippen molar-refractivity contribution in [2.24, 2.45) is 0 Å². The fourth-order valence-corrected chi connectivity index (χ4v) is 3.49. The van der Waals surface area contributed by atoms with Crippen LogP contribution in [0.3, 0.4) is 0 Å². The van der Waals surface area contributed by atoms with Crippen molar-refractivity contribution in [3.05, 3.63) is 70.5 Å². The smallest absolute Gasteiger partial charge is 0.253 e. The number of aryl methyl sites for hydroxylation is 2. The maximum absolute atomic E-state index is 12.9. The predicted octanol–water partition coefficient (Wildman–Crippen LogP) is 2.63. The lowest BCUT2D eigenvalue weighted by atomic mass is 10.1. The largest absolute Gasteiger partial charge is 0.351 e.